The third-order valence-electron chi connectivity index (χ3n) is 6.47. The van der Waals surface area contributed by atoms with E-state index in [4.69, 9.17) is 10.5 Å². The van der Waals surface area contributed by atoms with Gasteiger partial charge in [-0.3, -0.25) is 14.4 Å². The highest BCUT2D eigenvalue weighted by atomic mass is 19.1. The Morgan fingerprint density at radius 3 is 2.43 bits per heavy atom. The number of ketones is 1. The van der Waals surface area contributed by atoms with E-state index in [0.29, 0.717) is 23.4 Å². The van der Waals surface area contributed by atoms with Gasteiger partial charge in [0.2, 0.25) is 5.91 Å². The van der Waals surface area contributed by atoms with Crippen LogP contribution in [0.15, 0.2) is 53.7 Å². The van der Waals surface area contributed by atoms with Gasteiger partial charge >= 0.3 is 5.97 Å². The summed E-state index contributed by atoms with van der Waals surface area (Å²) in [7, 11) is 0. The molecule has 2 aromatic rings. The van der Waals surface area contributed by atoms with Crippen molar-refractivity contribution < 1.29 is 27.9 Å². The van der Waals surface area contributed by atoms with Gasteiger partial charge in [0.1, 0.15) is 23.7 Å². The maximum absolute atomic E-state index is 13.7. The molecule has 4 N–H and O–H groups in total. The number of nitrogens with one attached hydrogen (secondary N) is 2. The van der Waals surface area contributed by atoms with E-state index >= 15 is 0 Å². The molecular formula is C28H33F2N3O4. The maximum Gasteiger partial charge on any atom is 0.307 e. The minimum Gasteiger partial charge on any atom is -0.459 e. The summed E-state index contributed by atoms with van der Waals surface area (Å²) in [6.07, 6.45) is -0.381. The predicted octanol–water partition coefficient (Wildman–Crippen LogP) is 3.10. The number of hydrogen-bond donors (Lipinski definition) is 3. The molecule has 1 heterocycles. The molecule has 198 valence electrons. The van der Waals surface area contributed by atoms with E-state index in [1.165, 1.54) is 17.7 Å². The molecule has 0 saturated heterocycles. The Balaban J connectivity index is 1.70. The van der Waals surface area contributed by atoms with Gasteiger partial charge in [-0.15, -0.1) is 0 Å². The largest absolute Gasteiger partial charge is 0.459 e. The fourth-order valence-corrected chi connectivity index (χ4v) is 4.23. The number of halogens is 2. The van der Waals surface area contributed by atoms with Crippen LogP contribution in [0, 0.1) is 17.6 Å². The fourth-order valence-electron chi connectivity index (χ4n) is 4.23. The second-order valence-electron chi connectivity index (χ2n) is 9.34. The van der Waals surface area contributed by atoms with E-state index in [-0.39, 0.29) is 13.0 Å². The van der Waals surface area contributed by atoms with Gasteiger partial charge in [0.15, 0.2) is 5.78 Å². The quantitative estimate of drug-likeness (QED) is 0.315. The van der Waals surface area contributed by atoms with Crippen molar-refractivity contribution in [1.82, 2.24) is 10.6 Å². The number of rotatable bonds is 11. The van der Waals surface area contributed by atoms with Crippen molar-refractivity contribution in [2.24, 2.45) is 11.7 Å². The summed E-state index contributed by atoms with van der Waals surface area (Å²) < 4.78 is 33.0. The van der Waals surface area contributed by atoms with Crippen molar-refractivity contribution in [3.8, 4) is 0 Å². The number of carbonyl (C=O) groups excluding carboxylic acids is 3. The van der Waals surface area contributed by atoms with E-state index in [9.17, 15) is 23.2 Å². The van der Waals surface area contributed by atoms with Crippen LogP contribution in [0.5, 0.6) is 0 Å². The van der Waals surface area contributed by atoms with E-state index in [0.717, 1.165) is 18.1 Å². The summed E-state index contributed by atoms with van der Waals surface area (Å²) in [6, 6.07) is 10.3. The highest BCUT2D eigenvalue weighted by molar-refractivity contribution is 6.14. The number of Topliss-reactive ketones (excluding diaryl/α,β-unsaturated/α-hetero) is 1. The van der Waals surface area contributed by atoms with Crippen LogP contribution in [0.3, 0.4) is 0 Å². The normalized spacial score (nSPS) is 17.4. The topological polar surface area (TPSA) is 111 Å². The molecule has 0 aromatic heterocycles. The number of aryl methyl sites for hydroxylation is 1. The predicted molar refractivity (Wildman–Crippen MR) is 135 cm³/mol. The van der Waals surface area contributed by atoms with Crippen LogP contribution < -0.4 is 16.4 Å². The zero-order valence-corrected chi connectivity index (χ0v) is 21.3. The maximum atomic E-state index is 13.7. The van der Waals surface area contributed by atoms with Gasteiger partial charge in [-0.05, 0) is 55.5 Å². The van der Waals surface area contributed by atoms with Gasteiger partial charge in [-0.25, -0.2) is 8.78 Å². The van der Waals surface area contributed by atoms with Gasteiger partial charge in [0.25, 0.3) is 0 Å². The van der Waals surface area contributed by atoms with E-state index < -0.39 is 53.8 Å². The van der Waals surface area contributed by atoms with Crippen LogP contribution in [0.25, 0.3) is 0 Å². The lowest BCUT2D eigenvalue weighted by Crippen LogP contribution is -2.47. The van der Waals surface area contributed by atoms with Gasteiger partial charge in [0, 0.05) is 36.5 Å². The fraction of sp³-hybridized carbons (Fsp3) is 0.393. The average molecular weight is 514 g/mol. The summed E-state index contributed by atoms with van der Waals surface area (Å²) >= 11 is 0. The summed E-state index contributed by atoms with van der Waals surface area (Å²) in [5, 5.41) is 5.82. The van der Waals surface area contributed by atoms with Crippen molar-refractivity contribution >= 4 is 17.7 Å². The van der Waals surface area contributed by atoms with Crippen molar-refractivity contribution in [3.05, 3.63) is 82.1 Å². The van der Waals surface area contributed by atoms with Crippen LogP contribution in [0.2, 0.25) is 0 Å². The molecular weight excluding hydrogens is 480 g/mol. The van der Waals surface area contributed by atoms with Gasteiger partial charge in [-0.2, -0.15) is 0 Å². The van der Waals surface area contributed by atoms with Crippen molar-refractivity contribution in [2.45, 2.75) is 58.7 Å². The lowest BCUT2D eigenvalue weighted by atomic mass is 9.90. The van der Waals surface area contributed by atoms with E-state index in [1.807, 2.05) is 18.2 Å². The molecule has 0 bridgehead atoms. The second-order valence-corrected chi connectivity index (χ2v) is 9.34. The Morgan fingerprint density at radius 1 is 1.08 bits per heavy atom. The van der Waals surface area contributed by atoms with Gasteiger partial charge in [0.05, 0.1) is 6.42 Å². The molecule has 0 spiro atoms. The van der Waals surface area contributed by atoms with Crippen LogP contribution in [0.4, 0.5) is 8.78 Å². The zero-order chi connectivity index (χ0) is 27.1. The first kappa shape index (κ1) is 28.1. The highest BCUT2D eigenvalue weighted by Crippen LogP contribution is 2.20. The molecule has 9 heteroatoms. The standard InChI is InChI=1S/C28H33F2N3O4/c1-4-18-6-5-7-19(8-18)14-32-15-25(24(31)11-20-9-21(29)12-22(30)10-20)37-26(34)13-23-27(35)16(2)17(3)33-28(23)36/h5-10,12,23-25,32H,4,11,13-15,31H2,1-3H3,(H,33,36)/t23?,24-,25+/m0/s1. The Labute approximate surface area is 215 Å². The molecule has 37 heavy (non-hydrogen) atoms. The summed E-state index contributed by atoms with van der Waals surface area (Å²) in [4.78, 5) is 37.7. The lowest BCUT2D eigenvalue weighted by Gasteiger charge is -2.27. The zero-order valence-electron chi connectivity index (χ0n) is 21.3. The SMILES string of the molecule is CCc1cccc(CNC[C@@H](OC(=O)CC2C(=O)NC(C)=C(C)C2=O)[C@@H](N)Cc2cc(F)cc(F)c2)c1. The number of ether oxygens (including phenoxy) is 1. The Hall–Kier alpha value is -3.43. The van der Waals surface area contributed by atoms with Crippen molar-refractivity contribution in [3.63, 3.8) is 0 Å². The van der Waals surface area contributed by atoms with Crippen LogP contribution in [-0.4, -0.2) is 36.4 Å². The molecule has 1 aliphatic rings. The van der Waals surface area contributed by atoms with Crippen molar-refractivity contribution in [2.75, 3.05) is 6.54 Å². The first-order chi connectivity index (χ1) is 17.6. The third-order valence-corrected chi connectivity index (χ3v) is 6.47. The first-order valence-electron chi connectivity index (χ1n) is 12.3. The minimum atomic E-state index is -1.19. The Bertz CT molecular complexity index is 1180. The number of hydrogen-bond acceptors (Lipinski definition) is 6. The molecule has 7 nitrogen and oxygen atoms in total. The van der Waals surface area contributed by atoms with E-state index in [2.05, 4.69) is 23.6 Å². The highest BCUT2D eigenvalue weighted by Gasteiger charge is 2.36. The Kier molecular flexibility index (Phi) is 9.66. The smallest absolute Gasteiger partial charge is 0.307 e. The van der Waals surface area contributed by atoms with Gasteiger partial charge in [-0.1, -0.05) is 31.2 Å². The second kappa shape index (κ2) is 12.7. The molecule has 1 amide bonds. The summed E-state index contributed by atoms with van der Waals surface area (Å²) in [6.45, 7) is 5.90. The van der Waals surface area contributed by atoms with E-state index in [1.54, 1.807) is 13.8 Å². The molecule has 1 aliphatic heterocycles. The lowest BCUT2D eigenvalue weighted by molar-refractivity contribution is -0.154. The van der Waals surface area contributed by atoms with Crippen LogP contribution in [0.1, 0.15) is 43.9 Å². The van der Waals surface area contributed by atoms with Crippen LogP contribution >= 0.6 is 0 Å². The summed E-state index contributed by atoms with van der Waals surface area (Å²) in [5.74, 6) is -4.40. The van der Waals surface area contributed by atoms with Crippen LogP contribution in [-0.2, 0) is 38.5 Å². The molecule has 0 aliphatic carbocycles. The minimum absolute atomic E-state index is 0.0452. The Morgan fingerprint density at radius 2 is 1.76 bits per heavy atom. The monoisotopic (exact) mass is 513 g/mol. The molecule has 0 fully saturated rings. The van der Waals surface area contributed by atoms with Gasteiger partial charge < -0.3 is 21.1 Å². The first-order valence-corrected chi connectivity index (χ1v) is 12.3. The number of nitrogens with two attached hydrogens (primary N) is 1. The molecule has 0 saturated carbocycles. The third kappa shape index (κ3) is 7.77. The van der Waals surface area contributed by atoms with Crippen molar-refractivity contribution in [1.29, 1.82) is 0 Å². The number of carbonyl (C=O) groups is 3. The average Bonchev–Trinajstić information content (AvgIpc) is 2.84. The number of benzene rings is 2. The molecule has 0 radical (unpaired) electrons. The molecule has 2 aromatic carbocycles. The number of amides is 1. The number of esters is 1. The number of allylic oxidation sites excluding steroid dienone is 2. The summed E-state index contributed by atoms with van der Waals surface area (Å²) in [5.41, 5.74) is 9.71. The molecule has 1 unspecified atom stereocenters. The molecule has 3 rings (SSSR count). The molecule has 3 atom stereocenters.